The SMILES string of the molecule is c1cc(CN2CCO[C@H](c3nnn4cc(-c5ccncc5)ccc34)C2)ccn1. The van der Waals surface area contributed by atoms with E-state index >= 15 is 0 Å². The first-order chi connectivity index (χ1) is 13.9. The highest BCUT2D eigenvalue weighted by Gasteiger charge is 2.26. The van der Waals surface area contributed by atoms with Crippen molar-refractivity contribution in [1.29, 1.82) is 0 Å². The fourth-order valence-electron chi connectivity index (χ4n) is 3.62. The van der Waals surface area contributed by atoms with Gasteiger partial charge in [-0.15, -0.1) is 5.10 Å². The van der Waals surface area contributed by atoms with Gasteiger partial charge in [0.25, 0.3) is 0 Å². The molecule has 4 aromatic rings. The molecule has 1 aliphatic rings. The molecule has 140 valence electrons. The molecule has 0 aliphatic carbocycles. The zero-order valence-electron chi connectivity index (χ0n) is 15.3. The Morgan fingerprint density at radius 1 is 0.929 bits per heavy atom. The first-order valence-corrected chi connectivity index (χ1v) is 9.35. The molecule has 7 heteroatoms. The van der Waals surface area contributed by atoms with E-state index in [2.05, 4.69) is 49.4 Å². The molecular weight excluding hydrogens is 352 g/mol. The number of pyridine rings is 3. The van der Waals surface area contributed by atoms with Crippen molar-refractivity contribution in [2.24, 2.45) is 0 Å². The van der Waals surface area contributed by atoms with E-state index in [-0.39, 0.29) is 6.10 Å². The summed E-state index contributed by atoms with van der Waals surface area (Å²) in [4.78, 5) is 10.6. The van der Waals surface area contributed by atoms with Crippen molar-refractivity contribution >= 4 is 5.52 Å². The summed E-state index contributed by atoms with van der Waals surface area (Å²) >= 11 is 0. The molecule has 5 heterocycles. The number of nitrogens with zero attached hydrogens (tertiary/aromatic N) is 6. The predicted octanol–water partition coefficient (Wildman–Crippen LogP) is 2.76. The lowest BCUT2D eigenvalue weighted by atomic mass is 10.1. The first kappa shape index (κ1) is 17.0. The summed E-state index contributed by atoms with van der Waals surface area (Å²) in [5.41, 5.74) is 5.31. The lowest BCUT2D eigenvalue weighted by Crippen LogP contribution is -2.38. The highest BCUT2D eigenvalue weighted by Crippen LogP contribution is 2.27. The van der Waals surface area contributed by atoms with Crippen LogP contribution in [0.1, 0.15) is 17.4 Å². The molecule has 0 spiro atoms. The topological polar surface area (TPSA) is 68.4 Å². The minimum atomic E-state index is -0.0835. The maximum atomic E-state index is 6.04. The molecule has 0 amide bonds. The van der Waals surface area contributed by atoms with Gasteiger partial charge in [-0.2, -0.15) is 0 Å². The molecule has 1 aliphatic heterocycles. The average Bonchev–Trinajstić information content (AvgIpc) is 3.19. The molecule has 7 nitrogen and oxygen atoms in total. The normalized spacial score (nSPS) is 17.8. The Hall–Kier alpha value is -3.16. The van der Waals surface area contributed by atoms with Crippen molar-refractivity contribution in [2.75, 3.05) is 19.7 Å². The van der Waals surface area contributed by atoms with E-state index in [1.54, 1.807) is 12.4 Å². The van der Waals surface area contributed by atoms with Crippen LogP contribution < -0.4 is 0 Å². The van der Waals surface area contributed by atoms with E-state index in [0.29, 0.717) is 6.61 Å². The molecule has 1 saturated heterocycles. The largest absolute Gasteiger partial charge is 0.369 e. The maximum Gasteiger partial charge on any atom is 0.121 e. The van der Waals surface area contributed by atoms with Gasteiger partial charge in [0.15, 0.2) is 0 Å². The van der Waals surface area contributed by atoms with Gasteiger partial charge in [0.2, 0.25) is 0 Å². The summed E-state index contributed by atoms with van der Waals surface area (Å²) in [6.07, 6.45) is 9.17. The van der Waals surface area contributed by atoms with Crippen molar-refractivity contribution in [3.05, 3.63) is 78.6 Å². The lowest BCUT2D eigenvalue weighted by molar-refractivity contribution is -0.0343. The van der Waals surface area contributed by atoms with Crippen LogP contribution in [0.2, 0.25) is 0 Å². The summed E-state index contributed by atoms with van der Waals surface area (Å²) in [6.45, 7) is 3.27. The molecule has 0 saturated carbocycles. The van der Waals surface area contributed by atoms with Gasteiger partial charge in [0, 0.05) is 56.2 Å². The van der Waals surface area contributed by atoms with Crippen molar-refractivity contribution in [1.82, 2.24) is 29.7 Å². The summed E-state index contributed by atoms with van der Waals surface area (Å²) in [5.74, 6) is 0. The molecule has 0 aromatic carbocycles. The lowest BCUT2D eigenvalue weighted by Gasteiger charge is -2.32. The van der Waals surface area contributed by atoms with Gasteiger partial charge < -0.3 is 4.74 Å². The molecule has 1 fully saturated rings. The Kier molecular flexibility index (Phi) is 4.52. The van der Waals surface area contributed by atoms with Crippen molar-refractivity contribution in [2.45, 2.75) is 12.6 Å². The molecule has 1 atom stereocenters. The van der Waals surface area contributed by atoms with Crippen molar-refractivity contribution in [3.63, 3.8) is 0 Å². The summed E-state index contributed by atoms with van der Waals surface area (Å²) in [5, 5.41) is 8.77. The Morgan fingerprint density at radius 2 is 1.71 bits per heavy atom. The molecule has 28 heavy (non-hydrogen) atoms. The highest BCUT2D eigenvalue weighted by molar-refractivity contribution is 5.65. The van der Waals surface area contributed by atoms with Gasteiger partial charge in [-0.25, -0.2) is 4.52 Å². The number of hydrogen-bond donors (Lipinski definition) is 0. The van der Waals surface area contributed by atoms with E-state index in [0.717, 1.165) is 42.0 Å². The van der Waals surface area contributed by atoms with Crippen LogP contribution in [-0.2, 0) is 11.3 Å². The van der Waals surface area contributed by atoms with Crippen LogP contribution in [0, 0.1) is 0 Å². The van der Waals surface area contributed by atoms with E-state index in [1.165, 1.54) is 5.56 Å². The smallest absolute Gasteiger partial charge is 0.121 e. The summed E-state index contributed by atoms with van der Waals surface area (Å²) in [7, 11) is 0. The second kappa shape index (κ2) is 7.46. The molecule has 0 bridgehead atoms. The molecule has 0 radical (unpaired) electrons. The fourth-order valence-corrected chi connectivity index (χ4v) is 3.62. The quantitative estimate of drug-likeness (QED) is 0.549. The monoisotopic (exact) mass is 372 g/mol. The van der Waals surface area contributed by atoms with Gasteiger partial charge >= 0.3 is 0 Å². The van der Waals surface area contributed by atoms with Gasteiger partial charge in [0.1, 0.15) is 11.8 Å². The first-order valence-electron chi connectivity index (χ1n) is 9.35. The van der Waals surface area contributed by atoms with E-state index < -0.39 is 0 Å². The van der Waals surface area contributed by atoms with Crippen LogP contribution in [0.25, 0.3) is 16.6 Å². The summed E-state index contributed by atoms with van der Waals surface area (Å²) < 4.78 is 7.86. The van der Waals surface area contributed by atoms with Crippen LogP contribution in [0.3, 0.4) is 0 Å². The molecule has 4 aromatic heterocycles. The van der Waals surface area contributed by atoms with Crippen molar-refractivity contribution in [3.8, 4) is 11.1 Å². The maximum absolute atomic E-state index is 6.04. The van der Waals surface area contributed by atoms with Gasteiger partial charge in [-0.3, -0.25) is 14.9 Å². The standard InChI is InChI=1S/C21H20N6O/c1-2-19-21(24-25-27(19)14-18(1)17-5-9-23-10-6-17)20-15-26(11-12-28-20)13-16-3-7-22-8-4-16/h1-10,14,20H,11-13,15H2/t20-/m0/s1. The number of morpholine rings is 1. The Labute approximate surface area is 162 Å². The second-order valence-electron chi connectivity index (χ2n) is 6.91. The average molecular weight is 372 g/mol. The second-order valence-corrected chi connectivity index (χ2v) is 6.91. The summed E-state index contributed by atoms with van der Waals surface area (Å²) in [6, 6.07) is 12.2. The van der Waals surface area contributed by atoms with Crippen molar-refractivity contribution < 1.29 is 4.74 Å². The Balaban J connectivity index is 1.38. The zero-order valence-corrected chi connectivity index (χ0v) is 15.3. The van der Waals surface area contributed by atoms with Gasteiger partial charge in [-0.1, -0.05) is 11.3 Å². The number of rotatable bonds is 4. The van der Waals surface area contributed by atoms with Gasteiger partial charge in [-0.05, 0) is 41.5 Å². The van der Waals surface area contributed by atoms with Crippen LogP contribution in [0.15, 0.2) is 67.4 Å². The number of fused-ring (bicyclic) bond motifs is 1. The molecule has 5 rings (SSSR count). The van der Waals surface area contributed by atoms with E-state index in [4.69, 9.17) is 4.74 Å². The minimum absolute atomic E-state index is 0.0835. The fraction of sp³-hybridized carbons (Fsp3) is 0.238. The molecule has 0 N–H and O–H groups in total. The van der Waals surface area contributed by atoms with Crippen LogP contribution in [0.4, 0.5) is 0 Å². The van der Waals surface area contributed by atoms with Crippen LogP contribution in [-0.4, -0.2) is 49.4 Å². The number of aromatic nitrogens is 5. The molecule has 0 unspecified atom stereocenters. The number of ether oxygens (including phenoxy) is 1. The third-order valence-electron chi connectivity index (χ3n) is 5.06. The Bertz CT molecular complexity index is 1070. The third-order valence-corrected chi connectivity index (χ3v) is 5.06. The van der Waals surface area contributed by atoms with E-state index in [1.807, 2.05) is 35.2 Å². The van der Waals surface area contributed by atoms with E-state index in [9.17, 15) is 0 Å². The van der Waals surface area contributed by atoms with Crippen LogP contribution >= 0.6 is 0 Å². The predicted molar refractivity (Wildman–Crippen MR) is 104 cm³/mol. The Morgan fingerprint density at radius 3 is 2.54 bits per heavy atom. The number of hydrogen-bond acceptors (Lipinski definition) is 6. The zero-order chi connectivity index (χ0) is 18.8. The van der Waals surface area contributed by atoms with Gasteiger partial charge in [0.05, 0.1) is 12.1 Å². The minimum Gasteiger partial charge on any atom is -0.369 e. The highest BCUT2D eigenvalue weighted by atomic mass is 16.5. The molecular formula is C21H20N6O. The van der Waals surface area contributed by atoms with Crippen LogP contribution in [0.5, 0.6) is 0 Å². The third kappa shape index (κ3) is 3.37.